The van der Waals surface area contributed by atoms with Gasteiger partial charge in [-0.3, -0.25) is 4.79 Å². The Kier molecular flexibility index (Phi) is 7.83. The molecule has 1 aliphatic rings. The minimum atomic E-state index is -0.196. The van der Waals surface area contributed by atoms with E-state index in [1.165, 1.54) is 50.5 Å². The van der Waals surface area contributed by atoms with E-state index in [-0.39, 0.29) is 5.91 Å². The first-order valence-electron chi connectivity index (χ1n) is 11.9. The summed E-state index contributed by atoms with van der Waals surface area (Å²) in [5.74, 6) is 0.779. The molecule has 2 N–H and O–H groups in total. The molecule has 5 heteroatoms. The fraction of sp³-hybridized carbons (Fsp3) is 0.444. The monoisotopic (exact) mass is 434 g/mol. The lowest BCUT2D eigenvalue weighted by Gasteiger charge is -2.21. The number of furan rings is 1. The lowest BCUT2D eigenvalue weighted by molar-refractivity contribution is 0.0928. The van der Waals surface area contributed by atoms with Gasteiger partial charge < -0.3 is 19.8 Å². The van der Waals surface area contributed by atoms with Crippen LogP contribution in [0.2, 0.25) is 0 Å². The molecule has 1 saturated carbocycles. The first kappa shape index (κ1) is 22.4. The molecule has 170 valence electrons. The third-order valence-corrected chi connectivity index (χ3v) is 6.41. The number of benzene rings is 2. The van der Waals surface area contributed by atoms with Gasteiger partial charge in [-0.15, -0.1) is 0 Å². The van der Waals surface area contributed by atoms with Crippen LogP contribution < -0.4 is 15.4 Å². The molecule has 1 amide bonds. The zero-order valence-corrected chi connectivity index (χ0v) is 19.0. The Bertz CT molecular complexity index is 1000. The molecule has 1 aromatic heterocycles. The lowest BCUT2D eigenvalue weighted by atomic mass is 9.96. The largest absolute Gasteiger partial charge is 0.493 e. The average Bonchev–Trinajstić information content (AvgIpc) is 3.25. The van der Waals surface area contributed by atoms with Gasteiger partial charge in [0.1, 0.15) is 0 Å². The van der Waals surface area contributed by atoms with Crippen LogP contribution in [-0.4, -0.2) is 25.6 Å². The molecule has 0 atom stereocenters. The minimum absolute atomic E-state index is 0.196. The van der Waals surface area contributed by atoms with Crippen LogP contribution in [0.25, 0.3) is 11.0 Å². The summed E-state index contributed by atoms with van der Waals surface area (Å²) in [4.78, 5) is 12.7. The van der Waals surface area contributed by atoms with Crippen molar-refractivity contribution >= 4 is 16.9 Å². The second-order valence-electron chi connectivity index (χ2n) is 8.69. The van der Waals surface area contributed by atoms with Crippen molar-refractivity contribution in [1.82, 2.24) is 10.6 Å². The molecule has 0 saturated heterocycles. The second-order valence-corrected chi connectivity index (χ2v) is 8.69. The van der Waals surface area contributed by atoms with Gasteiger partial charge in [-0.2, -0.15) is 0 Å². The molecule has 5 nitrogen and oxygen atoms in total. The van der Waals surface area contributed by atoms with Crippen molar-refractivity contribution in [1.29, 1.82) is 0 Å². The maximum Gasteiger partial charge on any atom is 0.287 e. The van der Waals surface area contributed by atoms with Crippen molar-refractivity contribution < 1.29 is 13.9 Å². The summed E-state index contributed by atoms with van der Waals surface area (Å²) in [5.41, 5.74) is 2.97. The normalized spacial score (nSPS) is 15.3. The van der Waals surface area contributed by atoms with Gasteiger partial charge in [-0.05, 0) is 42.5 Å². The molecule has 1 heterocycles. The number of carbonyl (C=O) groups is 1. The fourth-order valence-electron chi connectivity index (χ4n) is 4.55. The molecule has 2 aromatic carbocycles. The number of methoxy groups -OCH3 is 1. The summed E-state index contributed by atoms with van der Waals surface area (Å²) in [7, 11) is 1.63. The van der Waals surface area contributed by atoms with Crippen molar-refractivity contribution in [3.8, 4) is 5.75 Å². The minimum Gasteiger partial charge on any atom is -0.493 e. The second kappa shape index (κ2) is 11.2. The number of hydrogen-bond acceptors (Lipinski definition) is 4. The SMILES string of the molecule is COc1ccc(CNC2CCCCCCC2)c2cc(C(=O)NCCc3ccccc3)oc12. The molecule has 0 bridgehead atoms. The number of hydrogen-bond donors (Lipinski definition) is 2. The van der Waals surface area contributed by atoms with Crippen molar-refractivity contribution in [3.63, 3.8) is 0 Å². The van der Waals surface area contributed by atoms with Crippen molar-refractivity contribution in [2.45, 2.75) is 64.0 Å². The van der Waals surface area contributed by atoms with E-state index in [0.717, 1.165) is 23.9 Å². The highest BCUT2D eigenvalue weighted by Gasteiger charge is 2.18. The zero-order chi connectivity index (χ0) is 22.2. The van der Waals surface area contributed by atoms with E-state index in [1.807, 2.05) is 30.3 Å². The van der Waals surface area contributed by atoms with E-state index in [1.54, 1.807) is 7.11 Å². The van der Waals surface area contributed by atoms with Gasteiger partial charge in [0, 0.05) is 24.5 Å². The quantitative estimate of drug-likeness (QED) is 0.483. The smallest absolute Gasteiger partial charge is 0.287 e. The Morgan fingerprint density at radius 1 is 1.03 bits per heavy atom. The van der Waals surface area contributed by atoms with Gasteiger partial charge in [0.2, 0.25) is 0 Å². The van der Waals surface area contributed by atoms with Gasteiger partial charge in [0.25, 0.3) is 5.91 Å². The summed E-state index contributed by atoms with van der Waals surface area (Å²) in [5, 5.41) is 7.66. The maximum atomic E-state index is 12.7. The Labute approximate surface area is 190 Å². The maximum absolute atomic E-state index is 12.7. The number of amides is 1. The summed E-state index contributed by atoms with van der Waals surface area (Å²) >= 11 is 0. The molecule has 1 aliphatic carbocycles. The van der Waals surface area contributed by atoms with Crippen LogP contribution in [-0.2, 0) is 13.0 Å². The van der Waals surface area contributed by atoms with Crippen LogP contribution in [0.1, 0.15) is 66.6 Å². The van der Waals surface area contributed by atoms with Gasteiger partial charge in [0.15, 0.2) is 17.1 Å². The van der Waals surface area contributed by atoms with Crippen molar-refractivity contribution in [3.05, 3.63) is 65.4 Å². The Balaban J connectivity index is 1.44. The van der Waals surface area contributed by atoms with E-state index < -0.39 is 0 Å². The highest BCUT2D eigenvalue weighted by Crippen LogP contribution is 2.32. The first-order chi connectivity index (χ1) is 15.7. The third-order valence-electron chi connectivity index (χ3n) is 6.41. The van der Waals surface area contributed by atoms with E-state index in [9.17, 15) is 4.79 Å². The van der Waals surface area contributed by atoms with Gasteiger partial charge in [-0.1, -0.05) is 68.5 Å². The van der Waals surface area contributed by atoms with E-state index in [0.29, 0.717) is 29.7 Å². The Hall–Kier alpha value is -2.79. The molecule has 3 aromatic rings. The molecule has 0 unspecified atom stereocenters. The fourth-order valence-corrected chi connectivity index (χ4v) is 4.55. The van der Waals surface area contributed by atoms with Crippen LogP contribution in [0.4, 0.5) is 0 Å². The third kappa shape index (κ3) is 5.71. The molecular formula is C27H34N2O3. The summed E-state index contributed by atoms with van der Waals surface area (Å²) < 4.78 is 11.5. The molecule has 0 radical (unpaired) electrons. The summed E-state index contributed by atoms with van der Waals surface area (Å²) in [6.07, 6.45) is 9.91. The van der Waals surface area contributed by atoms with Crippen LogP contribution in [0.3, 0.4) is 0 Å². The predicted molar refractivity (Wildman–Crippen MR) is 128 cm³/mol. The average molecular weight is 435 g/mol. The van der Waals surface area contributed by atoms with Crippen LogP contribution >= 0.6 is 0 Å². The molecule has 0 aliphatic heterocycles. The molecule has 0 spiro atoms. The number of carbonyl (C=O) groups excluding carboxylic acids is 1. The summed E-state index contributed by atoms with van der Waals surface area (Å²) in [6.45, 7) is 1.33. The van der Waals surface area contributed by atoms with Crippen molar-refractivity contribution in [2.24, 2.45) is 0 Å². The molecule has 32 heavy (non-hydrogen) atoms. The zero-order valence-electron chi connectivity index (χ0n) is 19.0. The van der Waals surface area contributed by atoms with Gasteiger partial charge in [-0.25, -0.2) is 0 Å². The van der Waals surface area contributed by atoms with Crippen LogP contribution in [0, 0.1) is 0 Å². The molecule has 4 rings (SSSR count). The molecular weight excluding hydrogens is 400 g/mol. The van der Waals surface area contributed by atoms with Gasteiger partial charge >= 0.3 is 0 Å². The van der Waals surface area contributed by atoms with E-state index in [2.05, 4.69) is 28.8 Å². The lowest BCUT2D eigenvalue weighted by Crippen LogP contribution is -2.29. The predicted octanol–water partition coefficient (Wildman–Crippen LogP) is 5.62. The standard InChI is InChI=1S/C27H34N2O3/c1-31-24-15-14-21(19-29-22-12-8-3-2-4-9-13-22)23-18-25(32-26(23)24)27(30)28-17-16-20-10-6-5-7-11-20/h5-7,10-11,14-15,18,22,29H,2-4,8-9,12-13,16-17,19H2,1H3,(H,28,30). The highest BCUT2D eigenvalue weighted by atomic mass is 16.5. The number of rotatable bonds is 8. The summed E-state index contributed by atoms with van der Waals surface area (Å²) in [6, 6.07) is 16.5. The number of fused-ring (bicyclic) bond motifs is 1. The number of nitrogens with one attached hydrogen (secondary N) is 2. The van der Waals surface area contributed by atoms with Crippen LogP contribution in [0.15, 0.2) is 52.9 Å². The van der Waals surface area contributed by atoms with E-state index >= 15 is 0 Å². The Morgan fingerprint density at radius 2 is 1.78 bits per heavy atom. The van der Waals surface area contributed by atoms with Crippen LogP contribution in [0.5, 0.6) is 5.75 Å². The van der Waals surface area contributed by atoms with E-state index in [4.69, 9.17) is 9.15 Å². The van der Waals surface area contributed by atoms with Gasteiger partial charge in [0.05, 0.1) is 7.11 Å². The Morgan fingerprint density at radius 3 is 2.53 bits per heavy atom. The van der Waals surface area contributed by atoms with Crippen molar-refractivity contribution in [2.75, 3.05) is 13.7 Å². The topological polar surface area (TPSA) is 63.5 Å². The number of ether oxygens (including phenoxy) is 1. The molecule has 1 fully saturated rings. The highest BCUT2D eigenvalue weighted by molar-refractivity contribution is 5.98. The first-order valence-corrected chi connectivity index (χ1v) is 11.9.